The molecular formula is C11H15N5. The molecule has 0 spiro atoms. The molecule has 1 aliphatic heterocycles. The first kappa shape index (κ1) is 10.8. The van der Waals surface area contributed by atoms with Crippen molar-refractivity contribution in [2.45, 2.75) is 13.0 Å². The van der Waals surface area contributed by atoms with Crippen LogP contribution in [0.25, 0.3) is 0 Å². The summed E-state index contributed by atoms with van der Waals surface area (Å²) in [5.74, 6) is 0.714. The Morgan fingerprint density at radius 2 is 2.12 bits per heavy atom. The lowest BCUT2D eigenvalue weighted by atomic mass is 10.2. The molecule has 0 radical (unpaired) electrons. The highest BCUT2D eigenvalue weighted by Gasteiger charge is 2.24. The Kier molecular flexibility index (Phi) is 3.02. The molecule has 5 nitrogen and oxygen atoms in total. The Balaban J connectivity index is 2.27. The first-order valence-corrected chi connectivity index (χ1v) is 5.38. The van der Waals surface area contributed by atoms with Crippen LogP contribution in [0.2, 0.25) is 0 Å². The van der Waals surface area contributed by atoms with Crippen LogP contribution in [0.4, 0.5) is 5.82 Å². The highest BCUT2D eigenvalue weighted by molar-refractivity contribution is 5.50. The summed E-state index contributed by atoms with van der Waals surface area (Å²) in [4.78, 5) is 12.8. The maximum atomic E-state index is 9.00. The number of hydrogen-bond donors (Lipinski definition) is 0. The predicted molar refractivity (Wildman–Crippen MR) is 61.1 cm³/mol. The zero-order valence-corrected chi connectivity index (χ0v) is 9.59. The minimum Gasteiger partial charge on any atom is -0.349 e. The minimum absolute atomic E-state index is 0.363. The second kappa shape index (κ2) is 4.45. The van der Waals surface area contributed by atoms with Crippen LogP contribution in [0.5, 0.6) is 0 Å². The fraction of sp³-hybridized carbons (Fsp3) is 0.545. The summed E-state index contributed by atoms with van der Waals surface area (Å²) in [6, 6.07) is 2.46. The van der Waals surface area contributed by atoms with E-state index in [1.165, 1.54) is 0 Å². The van der Waals surface area contributed by atoms with Gasteiger partial charge in [0.05, 0.1) is 0 Å². The van der Waals surface area contributed by atoms with Gasteiger partial charge in [0.1, 0.15) is 6.07 Å². The van der Waals surface area contributed by atoms with E-state index in [4.69, 9.17) is 5.26 Å². The molecule has 1 fully saturated rings. The summed E-state index contributed by atoms with van der Waals surface area (Å²) in [5.41, 5.74) is 0.416. The molecule has 0 amide bonds. The van der Waals surface area contributed by atoms with Crippen molar-refractivity contribution < 1.29 is 0 Å². The van der Waals surface area contributed by atoms with E-state index in [9.17, 15) is 0 Å². The van der Waals surface area contributed by atoms with Crippen molar-refractivity contribution in [2.75, 3.05) is 31.6 Å². The molecule has 0 bridgehead atoms. The van der Waals surface area contributed by atoms with Gasteiger partial charge in [0.2, 0.25) is 0 Å². The van der Waals surface area contributed by atoms with Gasteiger partial charge in [-0.3, -0.25) is 0 Å². The summed E-state index contributed by atoms with van der Waals surface area (Å²) in [6.07, 6.45) is 3.20. The molecule has 0 saturated carbocycles. The van der Waals surface area contributed by atoms with E-state index in [0.29, 0.717) is 17.6 Å². The molecule has 84 valence electrons. The molecule has 16 heavy (non-hydrogen) atoms. The smallest absolute Gasteiger partial charge is 0.183 e. The second-order valence-corrected chi connectivity index (χ2v) is 4.15. The van der Waals surface area contributed by atoms with Crippen LogP contribution in [0.15, 0.2) is 12.4 Å². The molecule has 5 heteroatoms. The van der Waals surface area contributed by atoms with Crippen molar-refractivity contribution in [2.24, 2.45) is 0 Å². The zero-order valence-electron chi connectivity index (χ0n) is 9.59. The van der Waals surface area contributed by atoms with E-state index in [0.717, 1.165) is 19.6 Å². The molecule has 1 saturated heterocycles. The highest BCUT2D eigenvalue weighted by atomic mass is 15.3. The SMILES string of the molecule is C[C@@H]1CN(C)CCN1c1nccnc1C#N. The molecule has 0 aliphatic carbocycles. The average molecular weight is 217 g/mol. The number of likely N-dealkylation sites (N-methyl/N-ethyl adjacent to an activating group) is 1. The fourth-order valence-corrected chi connectivity index (χ4v) is 2.07. The van der Waals surface area contributed by atoms with Gasteiger partial charge in [0.25, 0.3) is 0 Å². The molecular weight excluding hydrogens is 202 g/mol. The molecule has 1 aliphatic rings. The van der Waals surface area contributed by atoms with Gasteiger partial charge >= 0.3 is 0 Å². The first-order valence-electron chi connectivity index (χ1n) is 5.38. The van der Waals surface area contributed by atoms with Crippen LogP contribution in [-0.4, -0.2) is 47.6 Å². The summed E-state index contributed by atoms with van der Waals surface area (Å²) < 4.78 is 0. The first-order chi connectivity index (χ1) is 7.72. The molecule has 0 unspecified atom stereocenters. The van der Waals surface area contributed by atoms with Crippen molar-refractivity contribution in [1.82, 2.24) is 14.9 Å². The molecule has 2 heterocycles. The number of piperazine rings is 1. The van der Waals surface area contributed by atoms with Crippen molar-refractivity contribution in [1.29, 1.82) is 5.26 Å². The van der Waals surface area contributed by atoms with Crippen molar-refractivity contribution >= 4 is 5.82 Å². The topological polar surface area (TPSA) is 56.1 Å². The third kappa shape index (κ3) is 1.97. The molecule has 1 aromatic heterocycles. The number of aromatic nitrogens is 2. The van der Waals surface area contributed by atoms with E-state index in [1.54, 1.807) is 12.4 Å². The van der Waals surface area contributed by atoms with Crippen molar-refractivity contribution in [3.8, 4) is 6.07 Å². The fourth-order valence-electron chi connectivity index (χ4n) is 2.07. The number of anilines is 1. The van der Waals surface area contributed by atoms with Gasteiger partial charge < -0.3 is 9.80 Å². The van der Waals surface area contributed by atoms with Gasteiger partial charge in [-0.05, 0) is 14.0 Å². The molecule has 1 atom stereocenters. The normalized spacial score (nSPS) is 21.8. The summed E-state index contributed by atoms with van der Waals surface area (Å²) in [7, 11) is 2.11. The van der Waals surface area contributed by atoms with Gasteiger partial charge in [-0.25, -0.2) is 9.97 Å². The van der Waals surface area contributed by atoms with Gasteiger partial charge in [-0.15, -0.1) is 0 Å². The van der Waals surface area contributed by atoms with Crippen molar-refractivity contribution in [3.63, 3.8) is 0 Å². The Hall–Kier alpha value is -1.67. The average Bonchev–Trinajstić information content (AvgIpc) is 2.29. The van der Waals surface area contributed by atoms with Gasteiger partial charge in [-0.1, -0.05) is 0 Å². The third-order valence-corrected chi connectivity index (χ3v) is 2.89. The Labute approximate surface area is 95.3 Å². The highest BCUT2D eigenvalue weighted by Crippen LogP contribution is 2.19. The maximum absolute atomic E-state index is 9.00. The van der Waals surface area contributed by atoms with E-state index in [-0.39, 0.29) is 0 Å². The molecule has 1 aromatic rings. The number of hydrogen-bond acceptors (Lipinski definition) is 5. The van der Waals surface area contributed by atoms with Crippen LogP contribution in [0.3, 0.4) is 0 Å². The lowest BCUT2D eigenvalue weighted by Crippen LogP contribution is -2.51. The predicted octanol–water partition coefficient (Wildman–Crippen LogP) is 0.489. The zero-order chi connectivity index (χ0) is 11.5. The maximum Gasteiger partial charge on any atom is 0.183 e. The Morgan fingerprint density at radius 1 is 1.38 bits per heavy atom. The summed E-state index contributed by atoms with van der Waals surface area (Å²) in [6.45, 7) is 5.02. The standard InChI is InChI=1S/C11H15N5/c1-9-8-15(2)5-6-16(9)11-10(7-12)13-3-4-14-11/h3-4,9H,5-6,8H2,1-2H3/t9-/m1/s1. The Bertz CT molecular complexity index is 411. The van der Waals surface area contributed by atoms with Gasteiger partial charge in [-0.2, -0.15) is 5.26 Å². The van der Waals surface area contributed by atoms with Gasteiger partial charge in [0.15, 0.2) is 11.5 Å². The third-order valence-electron chi connectivity index (χ3n) is 2.89. The lowest BCUT2D eigenvalue weighted by molar-refractivity contribution is 0.274. The summed E-state index contributed by atoms with van der Waals surface area (Å²) in [5, 5.41) is 9.00. The van der Waals surface area contributed by atoms with Crippen LogP contribution in [0, 0.1) is 11.3 Å². The van der Waals surface area contributed by atoms with Crippen LogP contribution < -0.4 is 4.90 Å². The van der Waals surface area contributed by atoms with Crippen LogP contribution in [-0.2, 0) is 0 Å². The Morgan fingerprint density at radius 3 is 2.81 bits per heavy atom. The monoisotopic (exact) mass is 217 g/mol. The van der Waals surface area contributed by atoms with Gasteiger partial charge in [0, 0.05) is 38.1 Å². The molecule has 0 aromatic carbocycles. The van der Waals surface area contributed by atoms with E-state index in [1.807, 2.05) is 0 Å². The van der Waals surface area contributed by atoms with E-state index >= 15 is 0 Å². The minimum atomic E-state index is 0.363. The van der Waals surface area contributed by atoms with Crippen molar-refractivity contribution in [3.05, 3.63) is 18.1 Å². The van der Waals surface area contributed by atoms with E-state index in [2.05, 4.69) is 39.8 Å². The number of nitrogens with zero attached hydrogens (tertiary/aromatic N) is 5. The largest absolute Gasteiger partial charge is 0.349 e. The number of rotatable bonds is 1. The number of nitriles is 1. The van der Waals surface area contributed by atoms with E-state index < -0.39 is 0 Å². The quantitative estimate of drug-likeness (QED) is 0.685. The molecule has 0 N–H and O–H groups in total. The van der Waals surface area contributed by atoms with Crippen LogP contribution in [0.1, 0.15) is 12.6 Å². The second-order valence-electron chi connectivity index (χ2n) is 4.15. The molecule has 2 rings (SSSR count). The summed E-state index contributed by atoms with van der Waals surface area (Å²) >= 11 is 0. The van der Waals surface area contributed by atoms with Crippen LogP contribution >= 0.6 is 0 Å². The lowest BCUT2D eigenvalue weighted by Gasteiger charge is -2.38.